The fraction of sp³-hybridized carbons (Fsp3) is 0.667. The molecule has 0 amide bonds. The Balaban J connectivity index is 2.31. The van der Waals surface area contributed by atoms with E-state index in [9.17, 15) is 25.2 Å². The van der Waals surface area contributed by atoms with Gasteiger partial charge in [-0.15, -0.1) is 0 Å². The Morgan fingerprint density at radius 1 is 1.35 bits per heavy atom. The summed E-state index contributed by atoms with van der Waals surface area (Å²) in [5.74, 6) is 0.127. The normalized spacial score (nSPS) is 31.2. The van der Waals surface area contributed by atoms with Crippen molar-refractivity contribution in [3.05, 3.63) is 14.8 Å². The molecular weight excluding hydrogens is 394 g/mol. The smallest absolute Gasteiger partial charge is 0.270 e. The molecule has 2 rings (SSSR count). The van der Waals surface area contributed by atoms with Gasteiger partial charge in [-0.25, -0.2) is 4.98 Å². The van der Waals surface area contributed by atoms with E-state index in [1.54, 1.807) is 13.3 Å². The van der Waals surface area contributed by atoms with Crippen LogP contribution < -0.4 is 10.9 Å². The molecule has 5 atom stereocenters. The maximum Gasteiger partial charge on any atom is 0.270 e. The van der Waals surface area contributed by atoms with Crippen LogP contribution in [0.2, 0.25) is 0 Å². The third-order valence-electron chi connectivity index (χ3n) is 3.55. The van der Waals surface area contributed by atoms with Crippen molar-refractivity contribution in [3.8, 4) is 0 Å². The highest BCUT2D eigenvalue weighted by molar-refractivity contribution is 9.10. The van der Waals surface area contributed by atoms with Crippen LogP contribution in [0.5, 0.6) is 0 Å². The Morgan fingerprint density at radius 2 is 2.00 bits per heavy atom. The largest absolute Gasteiger partial charge is 0.394 e. The number of aliphatic hydroxyl groups is 4. The molecule has 0 bridgehead atoms. The molecule has 0 radical (unpaired) electrons. The molecule has 2 heterocycles. The van der Waals surface area contributed by atoms with Crippen molar-refractivity contribution in [2.24, 2.45) is 7.05 Å². The van der Waals surface area contributed by atoms with Gasteiger partial charge in [0.05, 0.1) is 6.61 Å². The number of aliphatic hydroxyl groups excluding tert-OH is 4. The molecule has 1 saturated heterocycles. The van der Waals surface area contributed by atoms with E-state index in [1.807, 2.05) is 0 Å². The summed E-state index contributed by atoms with van der Waals surface area (Å²) in [6.45, 7) is -0.537. The molecule has 130 valence electrons. The van der Waals surface area contributed by atoms with Crippen LogP contribution in [0, 0.1) is 0 Å². The van der Waals surface area contributed by atoms with Crippen LogP contribution in [0.1, 0.15) is 0 Å². The number of nitrogens with one attached hydrogen (secondary N) is 1. The third-order valence-corrected chi connectivity index (χ3v) is 4.99. The van der Waals surface area contributed by atoms with E-state index in [0.29, 0.717) is 5.16 Å². The quantitative estimate of drug-likeness (QED) is 0.295. The van der Waals surface area contributed by atoms with Gasteiger partial charge in [0.1, 0.15) is 28.9 Å². The maximum absolute atomic E-state index is 12.1. The molecule has 1 aromatic heterocycles. The fourth-order valence-electron chi connectivity index (χ4n) is 2.19. The predicted octanol–water partition coefficient (Wildman–Crippen LogP) is -1.52. The molecule has 0 saturated carbocycles. The first-order valence-corrected chi connectivity index (χ1v) is 8.71. The van der Waals surface area contributed by atoms with Gasteiger partial charge < -0.3 is 30.5 Å². The molecule has 1 aliphatic heterocycles. The zero-order chi connectivity index (χ0) is 17.3. The molecule has 9 nitrogen and oxygen atoms in total. The monoisotopic (exact) mass is 411 g/mol. The van der Waals surface area contributed by atoms with E-state index >= 15 is 0 Å². The topological polar surface area (TPSA) is 137 Å². The van der Waals surface area contributed by atoms with Crippen LogP contribution in [0.25, 0.3) is 0 Å². The lowest BCUT2D eigenvalue weighted by atomic mass is 9.98. The van der Waals surface area contributed by atoms with Gasteiger partial charge >= 0.3 is 0 Å². The summed E-state index contributed by atoms with van der Waals surface area (Å²) in [7, 11) is 1.57. The second-order valence-electron chi connectivity index (χ2n) is 5.02. The SMILES string of the molecule is CSc1nc(N[C@H]2O[C@@H](CO)[C@@H](O)[C@@H](O)[C@H]2O)c(Br)c(=O)n1C. The number of ether oxygens (including phenoxy) is 1. The number of halogens is 1. The highest BCUT2D eigenvalue weighted by atomic mass is 79.9. The number of hydrogen-bond acceptors (Lipinski definition) is 9. The minimum atomic E-state index is -1.51. The Labute approximate surface area is 144 Å². The van der Waals surface area contributed by atoms with Gasteiger partial charge in [-0.3, -0.25) is 9.36 Å². The van der Waals surface area contributed by atoms with Crippen LogP contribution in [0.15, 0.2) is 14.4 Å². The second-order valence-corrected chi connectivity index (χ2v) is 6.59. The van der Waals surface area contributed by atoms with Crippen molar-refractivity contribution in [3.63, 3.8) is 0 Å². The Morgan fingerprint density at radius 3 is 2.57 bits per heavy atom. The van der Waals surface area contributed by atoms with Gasteiger partial charge in [0.25, 0.3) is 5.56 Å². The van der Waals surface area contributed by atoms with E-state index in [-0.39, 0.29) is 15.8 Å². The lowest BCUT2D eigenvalue weighted by Crippen LogP contribution is -2.60. The molecule has 0 unspecified atom stereocenters. The highest BCUT2D eigenvalue weighted by Crippen LogP contribution is 2.25. The lowest BCUT2D eigenvalue weighted by molar-refractivity contribution is -0.221. The average molecular weight is 412 g/mol. The summed E-state index contributed by atoms with van der Waals surface area (Å²) in [5.41, 5.74) is -0.337. The van der Waals surface area contributed by atoms with Gasteiger partial charge in [-0.05, 0) is 22.2 Å². The van der Waals surface area contributed by atoms with E-state index in [4.69, 9.17) is 4.74 Å². The maximum atomic E-state index is 12.1. The van der Waals surface area contributed by atoms with Gasteiger partial charge in [0.15, 0.2) is 17.2 Å². The Bertz CT molecular complexity index is 628. The number of rotatable bonds is 4. The van der Waals surface area contributed by atoms with Crippen molar-refractivity contribution < 1.29 is 25.2 Å². The van der Waals surface area contributed by atoms with Crippen molar-refractivity contribution >= 4 is 33.5 Å². The zero-order valence-corrected chi connectivity index (χ0v) is 14.8. The molecule has 0 spiro atoms. The minimum Gasteiger partial charge on any atom is -0.394 e. The van der Waals surface area contributed by atoms with Gasteiger partial charge in [-0.1, -0.05) is 11.8 Å². The first kappa shape index (κ1) is 18.6. The predicted molar refractivity (Wildman–Crippen MR) is 86.3 cm³/mol. The van der Waals surface area contributed by atoms with Crippen LogP contribution in [-0.4, -0.2) is 73.5 Å². The van der Waals surface area contributed by atoms with Crippen molar-refractivity contribution in [2.75, 3.05) is 18.2 Å². The summed E-state index contributed by atoms with van der Waals surface area (Å²) < 4.78 is 6.82. The number of aromatic nitrogens is 2. The second kappa shape index (κ2) is 7.47. The third kappa shape index (κ3) is 3.55. The summed E-state index contributed by atoms with van der Waals surface area (Å²) in [5, 5.41) is 41.9. The first-order valence-electron chi connectivity index (χ1n) is 6.69. The Kier molecular flexibility index (Phi) is 6.05. The lowest BCUT2D eigenvalue weighted by Gasteiger charge is -2.40. The minimum absolute atomic E-state index is 0.127. The molecule has 1 fully saturated rings. The fourth-order valence-corrected chi connectivity index (χ4v) is 3.20. The van der Waals surface area contributed by atoms with E-state index < -0.39 is 37.3 Å². The standard InChI is InChI=1S/C12H18BrN3O6S/c1-16-11(21)5(13)9(15-12(16)23-2)14-10-8(20)7(19)6(18)4(3-17)22-10/h4,6-8,10,14,17-20H,3H2,1-2H3/t4-,6+,7+,8+,10-/m0/s1. The van der Waals surface area contributed by atoms with Crippen LogP contribution >= 0.6 is 27.7 Å². The number of thioether (sulfide) groups is 1. The average Bonchev–Trinajstić information content (AvgIpc) is 2.55. The van der Waals surface area contributed by atoms with Crippen molar-refractivity contribution in [1.29, 1.82) is 0 Å². The van der Waals surface area contributed by atoms with Gasteiger partial charge in [0.2, 0.25) is 0 Å². The summed E-state index contributed by atoms with van der Waals surface area (Å²) in [6.07, 6.45) is -4.87. The van der Waals surface area contributed by atoms with Crippen LogP contribution in [-0.2, 0) is 11.8 Å². The molecule has 0 aromatic carbocycles. The summed E-state index contributed by atoms with van der Waals surface area (Å²) in [6, 6.07) is 0. The molecule has 5 N–H and O–H groups in total. The van der Waals surface area contributed by atoms with Crippen molar-refractivity contribution in [1.82, 2.24) is 9.55 Å². The van der Waals surface area contributed by atoms with Crippen LogP contribution in [0.3, 0.4) is 0 Å². The Hall–Kier alpha value is -0.690. The number of anilines is 1. The van der Waals surface area contributed by atoms with E-state index in [1.165, 1.54) is 16.3 Å². The molecule has 1 aliphatic rings. The summed E-state index contributed by atoms with van der Waals surface area (Å²) in [4.78, 5) is 16.4. The first-order chi connectivity index (χ1) is 10.8. The molecule has 11 heteroatoms. The zero-order valence-electron chi connectivity index (χ0n) is 12.4. The van der Waals surface area contributed by atoms with Crippen molar-refractivity contribution in [2.45, 2.75) is 35.8 Å². The number of nitrogens with zero attached hydrogens (tertiary/aromatic N) is 2. The van der Waals surface area contributed by atoms with E-state index in [2.05, 4.69) is 26.2 Å². The van der Waals surface area contributed by atoms with Gasteiger partial charge in [0, 0.05) is 7.05 Å². The molecule has 1 aromatic rings. The number of hydrogen-bond donors (Lipinski definition) is 5. The molecular formula is C12H18BrN3O6S. The van der Waals surface area contributed by atoms with Gasteiger partial charge in [-0.2, -0.15) is 0 Å². The van der Waals surface area contributed by atoms with E-state index in [0.717, 1.165) is 0 Å². The highest BCUT2D eigenvalue weighted by Gasteiger charge is 2.43. The molecule has 23 heavy (non-hydrogen) atoms. The summed E-state index contributed by atoms with van der Waals surface area (Å²) >= 11 is 4.39. The van der Waals surface area contributed by atoms with Crippen LogP contribution in [0.4, 0.5) is 5.82 Å². The molecule has 0 aliphatic carbocycles.